The summed E-state index contributed by atoms with van der Waals surface area (Å²) in [6, 6.07) is 0. The molecule has 7 heteroatoms. The minimum atomic E-state index is -1.000. The number of tetrazole rings is 1. The molecule has 0 saturated carbocycles. The number of rotatable bonds is 5. The molecule has 0 aliphatic heterocycles. The predicted octanol–water partition coefficient (Wildman–Crippen LogP) is -0.706. The lowest BCUT2D eigenvalue weighted by Crippen LogP contribution is -2.11. The molecule has 0 fully saturated rings. The molecule has 72 valence electrons. The fourth-order valence-corrected chi connectivity index (χ4v) is 0.716. The highest BCUT2D eigenvalue weighted by molar-refractivity contribution is 5.66. The average Bonchev–Trinajstić information content (AvgIpc) is 2.48. The quantitative estimate of drug-likeness (QED) is 0.653. The molecule has 1 rings (SSSR count). The number of carbonyl (C=O) groups is 1. The Morgan fingerprint density at radius 2 is 2.46 bits per heavy atom. The summed E-state index contributed by atoms with van der Waals surface area (Å²) in [4.78, 5) is 11.2. The molecule has 7 nitrogen and oxygen atoms in total. The molecule has 0 radical (unpaired) electrons. The highest BCUT2D eigenvalue weighted by Gasteiger charge is 2.05. The van der Waals surface area contributed by atoms with Gasteiger partial charge in [0, 0.05) is 6.61 Å². The number of carboxylic acids is 1. The Morgan fingerprint density at radius 3 is 3.08 bits per heavy atom. The SMILES string of the molecule is CCOCc1nnn(CC(=O)O)n1. The second-order valence-electron chi connectivity index (χ2n) is 2.27. The lowest BCUT2D eigenvalue weighted by Gasteiger charge is -1.93. The first-order valence-electron chi connectivity index (χ1n) is 3.78. The van der Waals surface area contributed by atoms with Crippen molar-refractivity contribution in [2.75, 3.05) is 6.61 Å². The molecule has 0 unspecified atom stereocenters. The Hall–Kier alpha value is -1.50. The van der Waals surface area contributed by atoms with E-state index in [0.29, 0.717) is 12.4 Å². The van der Waals surface area contributed by atoms with E-state index in [-0.39, 0.29) is 13.2 Å². The van der Waals surface area contributed by atoms with Crippen LogP contribution in [0.2, 0.25) is 0 Å². The van der Waals surface area contributed by atoms with Crippen molar-refractivity contribution in [1.82, 2.24) is 20.2 Å². The van der Waals surface area contributed by atoms with Gasteiger partial charge in [0.05, 0.1) is 0 Å². The third kappa shape index (κ3) is 3.16. The Balaban J connectivity index is 2.48. The number of carboxylic acid groups (broad SMARTS) is 1. The third-order valence-electron chi connectivity index (χ3n) is 1.21. The van der Waals surface area contributed by atoms with Crippen LogP contribution in [-0.2, 0) is 22.7 Å². The van der Waals surface area contributed by atoms with Gasteiger partial charge < -0.3 is 9.84 Å². The first-order chi connectivity index (χ1) is 6.22. The fourth-order valence-electron chi connectivity index (χ4n) is 0.716. The van der Waals surface area contributed by atoms with E-state index in [1.807, 2.05) is 6.92 Å². The van der Waals surface area contributed by atoms with Gasteiger partial charge in [0.1, 0.15) is 6.61 Å². The average molecular weight is 186 g/mol. The van der Waals surface area contributed by atoms with Crippen LogP contribution in [0.4, 0.5) is 0 Å². The van der Waals surface area contributed by atoms with Gasteiger partial charge in [-0.25, -0.2) is 0 Å². The molecule has 0 bridgehead atoms. The van der Waals surface area contributed by atoms with E-state index in [1.165, 1.54) is 0 Å². The molecule has 0 aliphatic rings. The highest BCUT2D eigenvalue weighted by Crippen LogP contribution is 1.89. The standard InChI is InChI=1S/C6H10N4O3/c1-2-13-4-5-7-9-10(8-5)3-6(11)12/h2-4H2,1H3,(H,11,12). The molecule has 0 saturated heterocycles. The van der Waals surface area contributed by atoms with Gasteiger partial charge in [-0.15, -0.1) is 10.2 Å². The summed E-state index contributed by atoms with van der Waals surface area (Å²) in [7, 11) is 0. The molecule has 0 spiro atoms. The third-order valence-corrected chi connectivity index (χ3v) is 1.21. The van der Waals surface area contributed by atoms with Crippen LogP contribution in [0.1, 0.15) is 12.7 Å². The maximum absolute atomic E-state index is 10.2. The van der Waals surface area contributed by atoms with Crippen LogP contribution >= 0.6 is 0 Å². The van der Waals surface area contributed by atoms with Crippen molar-refractivity contribution in [2.24, 2.45) is 0 Å². The Bertz CT molecular complexity index is 285. The summed E-state index contributed by atoms with van der Waals surface area (Å²) in [6.07, 6.45) is 0. The van der Waals surface area contributed by atoms with Crippen LogP contribution in [0.5, 0.6) is 0 Å². The normalized spacial score (nSPS) is 10.2. The van der Waals surface area contributed by atoms with Gasteiger partial charge in [-0.1, -0.05) is 0 Å². The largest absolute Gasteiger partial charge is 0.480 e. The van der Waals surface area contributed by atoms with Crippen molar-refractivity contribution in [3.8, 4) is 0 Å². The van der Waals surface area contributed by atoms with Crippen molar-refractivity contribution >= 4 is 5.97 Å². The summed E-state index contributed by atoms with van der Waals surface area (Å²) >= 11 is 0. The highest BCUT2D eigenvalue weighted by atomic mass is 16.5. The minimum Gasteiger partial charge on any atom is -0.480 e. The number of hydrogen-bond acceptors (Lipinski definition) is 5. The van der Waals surface area contributed by atoms with Crippen LogP contribution in [-0.4, -0.2) is 37.9 Å². The summed E-state index contributed by atoms with van der Waals surface area (Å²) in [5.41, 5.74) is 0. The lowest BCUT2D eigenvalue weighted by atomic mass is 10.7. The van der Waals surface area contributed by atoms with E-state index in [2.05, 4.69) is 15.4 Å². The second-order valence-corrected chi connectivity index (χ2v) is 2.27. The summed E-state index contributed by atoms with van der Waals surface area (Å²) in [6.45, 7) is 2.39. The molecule has 0 amide bonds. The number of aromatic nitrogens is 4. The molecule has 0 atom stereocenters. The number of ether oxygens (including phenoxy) is 1. The van der Waals surface area contributed by atoms with E-state index in [0.717, 1.165) is 4.80 Å². The molecule has 0 aliphatic carbocycles. The monoisotopic (exact) mass is 186 g/mol. The molecule has 0 aromatic carbocycles. The second kappa shape index (κ2) is 4.51. The van der Waals surface area contributed by atoms with Crippen molar-refractivity contribution in [3.63, 3.8) is 0 Å². The lowest BCUT2D eigenvalue weighted by molar-refractivity contribution is -0.138. The number of hydrogen-bond donors (Lipinski definition) is 1. The van der Waals surface area contributed by atoms with Crippen LogP contribution in [0.15, 0.2) is 0 Å². The topological polar surface area (TPSA) is 90.1 Å². The van der Waals surface area contributed by atoms with Crippen LogP contribution in [0, 0.1) is 0 Å². The fraction of sp³-hybridized carbons (Fsp3) is 0.667. The van der Waals surface area contributed by atoms with E-state index >= 15 is 0 Å². The van der Waals surface area contributed by atoms with Crippen LogP contribution in [0.25, 0.3) is 0 Å². The molecule has 1 aromatic heterocycles. The molecule has 1 heterocycles. The number of nitrogens with zero attached hydrogens (tertiary/aromatic N) is 4. The van der Waals surface area contributed by atoms with Gasteiger partial charge in [0.2, 0.25) is 0 Å². The predicted molar refractivity (Wildman–Crippen MR) is 40.8 cm³/mol. The van der Waals surface area contributed by atoms with Crippen molar-refractivity contribution in [1.29, 1.82) is 0 Å². The first kappa shape index (κ1) is 9.59. The van der Waals surface area contributed by atoms with Gasteiger partial charge in [-0.2, -0.15) is 4.80 Å². The molecule has 1 aromatic rings. The smallest absolute Gasteiger partial charge is 0.327 e. The van der Waals surface area contributed by atoms with Gasteiger partial charge in [0.15, 0.2) is 12.4 Å². The van der Waals surface area contributed by atoms with Gasteiger partial charge >= 0.3 is 5.97 Å². The Labute approximate surface area is 74.3 Å². The van der Waals surface area contributed by atoms with E-state index in [1.54, 1.807) is 0 Å². The maximum Gasteiger partial charge on any atom is 0.327 e. The van der Waals surface area contributed by atoms with Gasteiger partial charge in [0.25, 0.3) is 0 Å². The van der Waals surface area contributed by atoms with Gasteiger partial charge in [-0.3, -0.25) is 4.79 Å². The van der Waals surface area contributed by atoms with E-state index < -0.39 is 5.97 Å². The zero-order chi connectivity index (χ0) is 9.68. The van der Waals surface area contributed by atoms with Crippen LogP contribution in [0.3, 0.4) is 0 Å². The molecule has 13 heavy (non-hydrogen) atoms. The summed E-state index contributed by atoms with van der Waals surface area (Å²) < 4.78 is 5.01. The Morgan fingerprint density at radius 1 is 1.69 bits per heavy atom. The minimum absolute atomic E-state index is 0.260. The van der Waals surface area contributed by atoms with Crippen molar-refractivity contribution < 1.29 is 14.6 Å². The van der Waals surface area contributed by atoms with Crippen LogP contribution < -0.4 is 0 Å². The number of aliphatic carboxylic acids is 1. The van der Waals surface area contributed by atoms with Gasteiger partial charge in [-0.05, 0) is 12.1 Å². The summed E-state index contributed by atoms with van der Waals surface area (Å²) in [5, 5.41) is 19.3. The molecule has 1 N–H and O–H groups in total. The zero-order valence-corrected chi connectivity index (χ0v) is 7.17. The van der Waals surface area contributed by atoms with Crippen molar-refractivity contribution in [2.45, 2.75) is 20.1 Å². The molecular weight excluding hydrogens is 176 g/mol. The zero-order valence-electron chi connectivity index (χ0n) is 7.17. The van der Waals surface area contributed by atoms with Crippen molar-refractivity contribution in [3.05, 3.63) is 5.82 Å². The van der Waals surface area contributed by atoms with E-state index in [4.69, 9.17) is 9.84 Å². The molecular formula is C6H10N4O3. The maximum atomic E-state index is 10.2. The first-order valence-corrected chi connectivity index (χ1v) is 3.78. The Kier molecular flexibility index (Phi) is 3.32. The summed E-state index contributed by atoms with van der Waals surface area (Å²) in [5.74, 6) is -0.608. The van der Waals surface area contributed by atoms with E-state index in [9.17, 15) is 4.79 Å².